The monoisotopic (exact) mass is 326 g/mol. The fourth-order valence-corrected chi connectivity index (χ4v) is 2.73. The van der Waals surface area contributed by atoms with Gasteiger partial charge < -0.3 is 15.4 Å². The van der Waals surface area contributed by atoms with Crippen LogP contribution < -0.4 is 15.4 Å². The summed E-state index contributed by atoms with van der Waals surface area (Å²) in [7, 11) is -2.17. The van der Waals surface area contributed by atoms with Crippen LogP contribution in [0.3, 0.4) is 0 Å². The Labute approximate surface area is 129 Å². The summed E-state index contributed by atoms with van der Waals surface area (Å²) in [4.78, 5) is 23.5. The zero-order chi connectivity index (χ0) is 16.3. The maximum absolute atomic E-state index is 12.0. The molecule has 0 radical (unpaired) electrons. The van der Waals surface area contributed by atoms with Gasteiger partial charge >= 0.3 is 0 Å². The van der Waals surface area contributed by atoms with Crippen LogP contribution in [0.25, 0.3) is 0 Å². The second kappa shape index (κ2) is 6.35. The predicted molar refractivity (Wildman–Crippen MR) is 79.6 cm³/mol. The van der Waals surface area contributed by atoms with E-state index in [0.29, 0.717) is 0 Å². The third-order valence-corrected chi connectivity index (χ3v) is 4.30. The van der Waals surface area contributed by atoms with Crippen molar-refractivity contribution in [2.75, 3.05) is 19.9 Å². The van der Waals surface area contributed by atoms with Gasteiger partial charge in [-0.3, -0.25) is 9.59 Å². The van der Waals surface area contributed by atoms with Crippen molar-refractivity contribution in [3.63, 3.8) is 0 Å². The van der Waals surface area contributed by atoms with Gasteiger partial charge in [-0.05, 0) is 31.0 Å². The van der Waals surface area contributed by atoms with Gasteiger partial charge in [0.1, 0.15) is 10.6 Å². The summed E-state index contributed by atoms with van der Waals surface area (Å²) in [6.07, 6.45) is 2.97. The second-order valence-corrected chi connectivity index (χ2v) is 7.15. The molecule has 7 nitrogen and oxygen atoms in total. The minimum absolute atomic E-state index is 0.0647. The van der Waals surface area contributed by atoms with E-state index in [9.17, 15) is 18.0 Å². The molecule has 22 heavy (non-hydrogen) atoms. The Morgan fingerprint density at radius 1 is 1.32 bits per heavy atom. The lowest BCUT2D eigenvalue weighted by molar-refractivity contribution is -0.120. The number of carbonyl (C=O) groups is 2. The highest BCUT2D eigenvalue weighted by Crippen LogP contribution is 2.24. The maximum atomic E-state index is 12.0. The van der Waals surface area contributed by atoms with Gasteiger partial charge in [-0.15, -0.1) is 0 Å². The Balaban J connectivity index is 2.07. The Hall–Kier alpha value is -2.09. The average molecular weight is 326 g/mol. The molecule has 8 heteroatoms. The first-order valence-electron chi connectivity index (χ1n) is 6.77. The highest BCUT2D eigenvalue weighted by atomic mass is 32.2. The van der Waals surface area contributed by atoms with E-state index in [4.69, 9.17) is 4.74 Å². The topological polar surface area (TPSA) is 102 Å². The number of sulfone groups is 1. The molecule has 1 aromatic carbocycles. The summed E-state index contributed by atoms with van der Waals surface area (Å²) in [6.45, 7) is -0.143. The molecule has 0 saturated heterocycles. The molecule has 0 aliphatic heterocycles. The second-order valence-electron chi connectivity index (χ2n) is 5.16. The van der Waals surface area contributed by atoms with Crippen molar-refractivity contribution in [2.45, 2.75) is 23.8 Å². The van der Waals surface area contributed by atoms with Crippen LogP contribution in [0.2, 0.25) is 0 Å². The number of benzene rings is 1. The normalized spacial score (nSPS) is 14.3. The largest absolute Gasteiger partial charge is 0.495 e. The standard InChI is InChI=1S/C14H18N2O5S/c1-21-11-6-3-9(7-12(11)22(2,19)20)14(18)15-8-13(17)16-10-4-5-10/h3,6-7,10H,4-5,8H2,1-2H3,(H,15,18)(H,16,17). The van der Waals surface area contributed by atoms with Gasteiger partial charge in [-0.25, -0.2) is 8.42 Å². The highest BCUT2D eigenvalue weighted by Gasteiger charge is 2.23. The average Bonchev–Trinajstić information content (AvgIpc) is 3.27. The molecule has 0 heterocycles. The van der Waals surface area contributed by atoms with Crippen molar-refractivity contribution in [3.05, 3.63) is 23.8 Å². The molecular weight excluding hydrogens is 308 g/mol. The number of hydrogen-bond acceptors (Lipinski definition) is 5. The van der Waals surface area contributed by atoms with Gasteiger partial charge in [0, 0.05) is 17.9 Å². The summed E-state index contributed by atoms with van der Waals surface area (Å²) in [5, 5.41) is 5.21. The van der Waals surface area contributed by atoms with E-state index in [-0.39, 0.29) is 34.7 Å². The number of methoxy groups -OCH3 is 1. The maximum Gasteiger partial charge on any atom is 0.251 e. The van der Waals surface area contributed by atoms with E-state index >= 15 is 0 Å². The van der Waals surface area contributed by atoms with Crippen molar-refractivity contribution in [1.29, 1.82) is 0 Å². The molecule has 2 N–H and O–H groups in total. The summed E-state index contributed by atoms with van der Waals surface area (Å²) >= 11 is 0. The molecule has 120 valence electrons. The molecule has 1 aliphatic rings. The third kappa shape index (κ3) is 4.20. The lowest BCUT2D eigenvalue weighted by Gasteiger charge is -2.10. The van der Waals surface area contributed by atoms with Crippen molar-refractivity contribution in [1.82, 2.24) is 10.6 Å². The summed E-state index contributed by atoms with van der Waals surface area (Å²) in [5.74, 6) is -0.600. The number of hydrogen-bond donors (Lipinski definition) is 2. The van der Waals surface area contributed by atoms with E-state index in [2.05, 4.69) is 10.6 Å². The van der Waals surface area contributed by atoms with Gasteiger partial charge in [0.2, 0.25) is 5.91 Å². The SMILES string of the molecule is COc1ccc(C(=O)NCC(=O)NC2CC2)cc1S(C)(=O)=O. The van der Waals surface area contributed by atoms with Crippen LogP contribution >= 0.6 is 0 Å². The first-order chi connectivity index (χ1) is 10.3. The number of rotatable bonds is 6. The van der Waals surface area contributed by atoms with Gasteiger partial charge in [-0.1, -0.05) is 0 Å². The van der Waals surface area contributed by atoms with Crippen molar-refractivity contribution >= 4 is 21.7 Å². The van der Waals surface area contributed by atoms with Crippen LogP contribution in [0, 0.1) is 0 Å². The van der Waals surface area contributed by atoms with E-state index < -0.39 is 15.7 Å². The van der Waals surface area contributed by atoms with E-state index in [1.807, 2.05) is 0 Å². The highest BCUT2D eigenvalue weighted by molar-refractivity contribution is 7.90. The van der Waals surface area contributed by atoms with Crippen molar-refractivity contribution in [2.24, 2.45) is 0 Å². The van der Waals surface area contributed by atoms with Gasteiger partial charge in [0.15, 0.2) is 9.84 Å². The minimum atomic E-state index is -3.52. The zero-order valence-corrected chi connectivity index (χ0v) is 13.2. The predicted octanol–water partition coefficient (Wildman–Crippen LogP) is 0.107. The van der Waals surface area contributed by atoms with Gasteiger partial charge in [0.25, 0.3) is 5.91 Å². The molecule has 2 rings (SSSR count). The minimum Gasteiger partial charge on any atom is -0.495 e. The number of amides is 2. The first-order valence-corrected chi connectivity index (χ1v) is 8.66. The quantitative estimate of drug-likeness (QED) is 0.772. The van der Waals surface area contributed by atoms with Crippen LogP contribution in [-0.2, 0) is 14.6 Å². The number of carbonyl (C=O) groups excluding carboxylic acids is 2. The zero-order valence-electron chi connectivity index (χ0n) is 12.4. The molecule has 1 fully saturated rings. The summed E-state index contributed by atoms with van der Waals surface area (Å²) < 4.78 is 28.4. The Kier molecular flexibility index (Phi) is 4.70. The molecule has 0 unspecified atom stereocenters. The van der Waals surface area contributed by atoms with Crippen molar-refractivity contribution in [3.8, 4) is 5.75 Å². The van der Waals surface area contributed by atoms with Gasteiger partial charge in [-0.2, -0.15) is 0 Å². The van der Waals surface area contributed by atoms with E-state index in [1.54, 1.807) is 0 Å². The number of ether oxygens (including phenoxy) is 1. The van der Waals surface area contributed by atoms with Crippen LogP contribution in [0.1, 0.15) is 23.2 Å². The van der Waals surface area contributed by atoms with E-state index in [1.165, 1.54) is 25.3 Å². The molecular formula is C14H18N2O5S. The molecule has 0 spiro atoms. The Bertz CT molecular complexity index is 695. The lowest BCUT2D eigenvalue weighted by atomic mass is 10.2. The third-order valence-electron chi connectivity index (χ3n) is 3.18. The fourth-order valence-electron chi connectivity index (χ4n) is 1.88. The molecule has 0 aromatic heterocycles. The Morgan fingerprint density at radius 3 is 2.55 bits per heavy atom. The lowest BCUT2D eigenvalue weighted by Crippen LogP contribution is -2.37. The van der Waals surface area contributed by atoms with Crippen LogP contribution in [-0.4, -0.2) is 46.2 Å². The van der Waals surface area contributed by atoms with Crippen LogP contribution in [0.4, 0.5) is 0 Å². The molecule has 2 amide bonds. The van der Waals surface area contributed by atoms with Crippen LogP contribution in [0.5, 0.6) is 5.75 Å². The van der Waals surface area contributed by atoms with Crippen LogP contribution in [0.15, 0.2) is 23.1 Å². The smallest absolute Gasteiger partial charge is 0.251 e. The fraction of sp³-hybridized carbons (Fsp3) is 0.429. The van der Waals surface area contributed by atoms with Gasteiger partial charge in [0.05, 0.1) is 13.7 Å². The summed E-state index contributed by atoms with van der Waals surface area (Å²) in [6, 6.07) is 4.32. The molecule has 1 saturated carbocycles. The van der Waals surface area contributed by atoms with Crippen molar-refractivity contribution < 1.29 is 22.7 Å². The Morgan fingerprint density at radius 2 is 2.00 bits per heavy atom. The molecule has 0 atom stereocenters. The molecule has 1 aromatic rings. The molecule has 0 bridgehead atoms. The molecule has 1 aliphatic carbocycles. The van der Waals surface area contributed by atoms with E-state index in [0.717, 1.165) is 19.1 Å². The number of nitrogens with one attached hydrogen (secondary N) is 2. The summed E-state index contributed by atoms with van der Waals surface area (Å²) in [5.41, 5.74) is 0.153. The first kappa shape index (κ1) is 16.3.